The highest BCUT2D eigenvalue weighted by atomic mass is 16.5. The number of benzene rings is 1. The molecule has 0 fully saturated rings. The minimum atomic E-state index is 0.353. The van der Waals surface area contributed by atoms with Crippen LogP contribution in [0.1, 0.15) is 17.0 Å². The van der Waals surface area contributed by atoms with Gasteiger partial charge in [0.2, 0.25) is 0 Å². The van der Waals surface area contributed by atoms with E-state index in [1.54, 1.807) is 14.2 Å². The van der Waals surface area contributed by atoms with E-state index >= 15 is 0 Å². The Hall–Kier alpha value is -2.54. The van der Waals surface area contributed by atoms with Crippen LogP contribution in [0.4, 0.5) is 5.69 Å². The summed E-state index contributed by atoms with van der Waals surface area (Å²) >= 11 is 0. The molecule has 1 aromatic heterocycles. The summed E-state index contributed by atoms with van der Waals surface area (Å²) in [5, 5.41) is 7.59. The molecule has 0 aliphatic heterocycles. The van der Waals surface area contributed by atoms with Crippen LogP contribution < -0.4 is 15.8 Å². The predicted molar refractivity (Wildman–Crippen MR) is 95.5 cm³/mol. The number of hydrogen-bond donors (Lipinski definition) is 2. The second-order valence-electron chi connectivity index (χ2n) is 5.42. The molecule has 2 rings (SSSR count). The number of rotatable bonds is 7. The summed E-state index contributed by atoms with van der Waals surface area (Å²) in [6.45, 7) is 5.85. The molecule has 24 heavy (non-hydrogen) atoms. The van der Waals surface area contributed by atoms with Crippen molar-refractivity contribution in [3.05, 3.63) is 41.2 Å². The quantitative estimate of drug-likeness (QED) is 0.599. The fourth-order valence-corrected chi connectivity index (χ4v) is 2.41. The zero-order valence-corrected chi connectivity index (χ0v) is 14.7. The van der Waals surface area contributed by atoms with Gasteiger partial charge in [0.25, 0.3) is 0 Å². The van der Waals surface area contributed by atoms with Crippen LogP contribution in [0.15, 0.2) is 29.3 Å². The molecule has 0 bridgehead atoms. The maximum atomic E-state index is 5.98. The number of nitrogens with two attached hydrogens (primary N) is 1. The average Bonchev–Trinajstić information content (AvgIpc) is 2.85. The van der Waals surface area contributed by atoms with Crippen molar-refractivity contribution in [1.82, 2.24) is 9.78 Å². The van der Waals surface area contributed by atoms with E-state index in [1.807, 2.05) is 42.8 Å². The van der Waals surface area contributed by atoms with Crippen LogP contribution in [0, 0.1) is 13.8 Å². The number of nitrogens with zero attached hydrogens (tertiary/aromatic N) is 3. The number of ether oxygens (including phenoxy) is 2. The van der Waals surface area contributed by atoms with E-state index in [-0.39, 0.29) is 0 Å². The molecule has 0 saturated heterocycles. The van der Waals surface area contributed by atoms with Crippen molar-refractivity contribution < 1.29 is 9.47 Å². The molecule has 130 valence electrons. The Morgan fingerprint density at radius 2 is 2.12 bits per heavy atom. The lowest BCUT2D eigenvalue weighted by molar-refractivity contribution is 0.182. The Bertz CT molecular complexity index is 709. The lowest BCUT2D eigenvalue weighted by atomic mass is 10.2. The summed E-state index contributed by atoms with van der Waals surface area (Å²) in [6.07, 6.45) is 0. The van der Waals surface area contributed by atoms with E-state index in [0.29, 0.717) is 19.1 Å². The number of aryl methyl sites for hydroxylation is 1. The minimum Gasteiger partial charge on any atom is -0.497 e. The third-order valence-electron chi connectivity index (χ3n) is 3.79. The van der Waals surface area contributed by atoms with E-state index in [9.17, 15) is 0 Å². The Morgan fingerprint density at radius 1 is 1.33 bits per heavy atom. The van der Waals surface area contributed by atoms with Gasteiger partial charge in [0.1, 0.15) is 5.75 Å². The van der Waals surface area contributed by atoms with Gasteiger partial charge >= 0.3 is 0 Å². The molecular weight excluding hydrogens is 306 g/mol. The molecule has 2 aromatic rings. The highest BCUT2D eigenvalue weighted by Gasteiger charge is 2.11. The molecule has 0 radical (unpaired) electrons. The number of anilines is 1. The summed E-state index contributed by atoms with van der Waals surface area (Å²) < 4.78 is 12.2. The van der Waals surface area contributed by atoms with Crippen molar-refractivity contribution in [1.29, 1.82) is 0 Å². The fourth-order valence-electron chi connectivity index (χ4n) is 2.41. The lowest BCUT2D eigenvalue weighted by Crippen LogP contribution is -2.22. The van der Waals surface area contributed by atoms with Crippen LogP contribution in [0.3, 0.4) is 0 Å². The monoisotopic (exact) mass is 331 g/mol. The van der Waals surface area contributed by atoms with E-state index in [2.05, 4.69) is 15.4 Å². The number of guanidine groups is 1. The minimum absolute atomic E-state index is 0.353. The fraction of sp³-hybridized carbons (Fsp3) is 0.412. The molecule has 0 unspecified atom stereocenters. The van der Waals surface area contributed by atoms with E-state index in [0.717, 1.165) is 34.9 Å². The maximum Gasteiger partial charge on any atom is 0.193 e. The SMILES string of the molecule is COCCn1nc(C)c(CN=C(N)Nc2cccc(OC)c2)c1C. The Kier molecular flexibility index (Phi) is 6.20. The first-order valence-corrected chi connectivity index (χ1v) is 7.78. The second kappa shape index (κ2) is 8.35. The van der Waals surface area contributed by atoms with Crippen LogP contribution in [-0.4, -0.2) is 36.6 Å². The number of methoxy groups -OCH3 is 2. The number of hydrogen-bond acceptors (Lipinski definition) is 4. The topological polar surface area (TPSA) is 86.7 Å². The highest BCUT2D eigenvalue weighted by molar-refractivity contribution is 5.92. The molecule has 3 N–H and O–H groups in total. The van der Waals surface area contributed by atoms with Gasteiger partial charge in [-0.05, 0) is 26.0 Å². The molecule has 0 atom stereocenters. The molecule has 0 aliphatic rings. The van der Waals surface area contributed by atoms with Crippen LogP contribution in [0.5, 0.6) is 5.75 Å². The smallest absolute Gasteiger partial charge is 0.193 e. The molecule has 0 saturated carbocycles. The third kappa shape index (κ3) is 4.48. The molecule has 7 heteroatoms. The van der Waals surface area contributed by atoms with Crippen LogP contribution in [0.2, 0.25) is 0 Å². The first kappa shape index (κ1) is 17.8. The van der Waals surface area contributed by atoms with Gasteiger partial charge in [-0.15, -0.1) is 0 Å². The van der Waals surface area contributed by atoms with Gasteiger partial charge in [-0.3, -0.25) is 4.68 Å². The summed E-state index contributed by atoms with van der Waals surface area (Å²) in [5.74, 6) is 1.12. The van der Waals surface area contributed by atoms with Crippen molar-refractivity contribution in [3.63, 3.8) is 0 Å². The maximum absolute atomic E-state index is 5.98. The largest absolute Gasteiger partial charge is 0.497 e. The normalized spacial score (nSPS) is 11.6. The third-order valence-corrected chi connectivity index (χ3v) is 3.79. The van der Waals surface area contributed by atoms with Gasteiger partial charge in [0.05, 0.1) is 32.5 Å². The summed E-state index contributed by atoms with van der Waals surface area (Å²) in [6, 6.07) is 7.54. The zero-order valence-electron chi connectivity index (χ0n) is 14.7. The average molecular weight is 331 g/mol. The predicted octanol–water partition coefficient (Wildman–Crippen LogP) is 2.08. The molecule has 0 amide bonds. The van der Waals surface area contributed by atoms with E-state index in [1.165, 1.54) is 0 Å². The molecule has 0 aliphatic carbocycles. The van der Waals surface area contributed by atoms with Gasteiger partial charge in [0.15, 0.2) is 5.96 Å². The van der Waals surface area contributed by atoms with Crippen molar-refractivity contribution in [3.8, 4) is 5.75 Å². The summed E-state index contributed by atoms with van der Waals surface area (Å²) in [5.41, 5.74) is 9.95. The van der Waals surface area contributed by atoms with Crippen molar-refractivity contribution >= 4 is 11.6 Å². The van der Waals surface area contributed by atoms with Gasteiger partial charge in [0, 0.05) is 30.1 Å². The Labute approximate surface area is 142 Å². The lowest BCUT2D eigenvalue weighted by Gasteiger charge is -2.07. The molecule has 1 heterocycles. The second-order valence-corrected chi connectivity index (χ2v) is 5.42. The summed E-state index contributed by atoms with van der Waals surface area (Å²) in [4.78, 5) is 4.42. The van der Waals surface area contributed by atoms with Crippen LogP contribution in [0.25, 0.3) is 0 Å². The first-order valence-electron chi connectivity index (χ1n) is 7.78. The number of aromatic nitrogens is 2. The van der Waals surface area contributed by atoms with E-state index in [4.69, 9.17) is 15.2 Å². The van der Waals surface area contributed by atoms with Crippen LogP contribution >= 0.6 is 0 Å². The van der Waals surface area contributed by atoms with Crippen LogP contribution in [-0.2, 0) is 17.8 Å². The zero-order chi connectivity index (χ0) is 17.5. The standard InChI is InChI=1S/C17H25N5O2/c1-12-16(13(2)22(21-12)8-9-23-3)11-19-17(18)20-14-6-5-7-15(10-14)24-4/h5-7,10H,8-9,11H2,1-4H3,(H3,18,19,20). The van der Waals surface area contributed by atoms with Gasteiger partial charge in [-0.2, -0.15) is 5.10 Å². The van der Waals surface area contributed by atoms with Gasteiger partial charge in [-0.1, -0.05) is 6.07 Å². The number of nitrogens with one attached hydrogen (secondary N) is 1. The van der Waals surface area contributed by atoms with Crippen molar-refractivity contribution in [2.75, 3.05) is 26.1 Å². The highest BCUT2D eigenvalue weighted by Crippen LogP contribution is 2.17. The van der Waals surface area contributed by atoms with Crippen molar-refractivity contribution in [2.24, 2.45) is 10.7 Å². The molecule has 0 spiro atoms. The Balaban J connectivity index is 2.05. The first-order chi connectivity index (χ1) is 11.5. The molecule has 1 aromatic carbocycles. The van der Waals surface area contributed by atoms with E-state index < -0.39 is 0 Å². The Morgan fingerprint density at radius 3 is 2.83 bits per heavy atom. The van der Waals surface area contributed by atoms with Gasteiger partial charge in [-0.25, -0.2) is 4.99 Å². The molecular formula is C17H25N5O2. The summed E-state index contributed by atoms with van der Waals surface area (Å²) in [7, 11) is 3.31. The van der Waals surface area contributed by atoms with Crippen molar-refractivity contribution in [2.45, 2.75) is 26.9 Å². The number of aliphatic imine (C=N–C) groups is 1. The molecule has 7 nitrogen and oxygen atoms in total. The van der Waals surface area contributed by atoms with Gasteiger partial charge < -0.3 is 20.5 Å².